The predicted octanol–water partition coefficient (Wildman–Crippen LogP) is 4.45. The van der Waals surface area contributed by atoms with Gasteiger partial charge in [-0.2, -0.15) is 0 Å². The SMILES string of the molecule is CCC(C)[C@@H]([C@@H](CC(=O)N1CCC[C@H]1[C@H](OC)[C@@H](C)C(=O)N[C@@H](Cc1ccccc1)c1nccs1)OC)N(C)C(=O)[C@@H](N)C(C)C. The van der Waals surface area contributed by atoms with Crippen LogP contribution in [0.15, 0.2) is 41.9 Å². The van der Waals surface area contributed by atoms with E-state index in [1.807, 2.05) is 61.4 Å². The van der Waals surface area contributed by atoms with E-state index in [1.54, 1.807) is 32.4 Å². The van der Waals surface area contributed by atoms with Crippen LogP contribution in [0.25, 0.3) is 0 Å². The lowest BCUT2D eigenvalue weighted by Crippen LogP contribution is -2.56. The lowest BCUT2D eigenvalue weighted by molar-refractivity contribution is -0.146. The second kappa shape index (κ2) is 17.9. The van der Waals surface area contributed by atoms with Crippen LogP contribution < -0.4 is 11.1 Å². The third-order valence-electron chi connectivity index (χ3n) is 9.61. The van der Waals surface area contributed by atoms with Gasteiger partial charge in [-0.15, -0.1) is 11.3 Å². The number of likely N-dealkylation sites (tertiary alicyclic amines) is 1. The number of hydrogen-bond donors (Lipinski definition) is 2. The zero-order valence-electron chi connectivity index (χ0n) is 28.8. The Hall–Kier alpha value is -2.86. The van der Waals surface area contributed by atoms with Crippen molar-refractivity contribution in [1.29, 1.82) is 0 Å². The van der Waals surface area contributed by atoms with E-state index in [2.05, 4.69) is 24.1 Å². The molecule has 2 aromatic rings. The van der Waals surface area contributed by atoms with Crippen LogP contribution in [0, 0.1) is 17.8 Å². The highest BCUT2D eigenvalue weighted by Crippen LogP contribution is 2.30. The number of amides is 3. The predicted molar refractivity (Wildman–Crippen MR) is 182 cm³/mol. The molecule has 2 heterocycles. The van der Waals surface area contributed by atoms with Crippen LogP contribution in [0.2, 0.25) is 0 Å². The number of carbonyl (C=O) groups is 3. The molecule has 46 heavy (non-hydrogen) atoms. The van der Waals surface area contributed by atoms with Crippen molar-refractivity contribution in [3.8, 4) is 0 Å². The van der Waals surface area contributed by atoms with Crippen molar-refractivity contribution < 1.29 is 23.9 Å². The van der Waals surface area contributed by atoms with Gasteiger partial charge in [0.2, 0.25) is 17.7 Å². The number of benzene rings is 1. The molecular weight excluding hydrogens is 602 g/mol. The van der Waals surface area contributed by atoms with E-state index in [0.29, 0.717) is 13.0 Å². The monoisotopic (exact) mass is 657 g/mol. The van der Waals surface area contributed by atoms with Gasteiger partial charge >= 0.3 is 0 Å². The highest BCUT2D eigenvalue weighted by molar-refractivity contribution is 7.09. The number of nitrogens with one attached hydrogen (secondary N) is 1. The zero-order chi connectivity index (χ0) is 34.0. The summed E-state index contributed by atoms with van der Waals surface area (Å²) in [6.45, 7) is 10.4. The summed E-state index contributed by atoms with van der Waals surface area (Å²) in [6.07, 6.45) is 3.81. The van der Waals surface area contributed by atoms with Gasteiger partial charge in [-0.05, 0) is 36.7 Å². The Morgan fingerprint density at radius 2 is 1.83 bits per heavy atom. The minimum absolute atomic E-state index is 0.0131. The molecular formula is C35H55N5O5S. The van der Waals surface area contributed by atoms with Crippen molar-refractivity contribution in [1.82, 2.24) is 20.1 Å². The second-order valence-corrected chi connectivity index (χ2v) is 13.9. The van der Waals surface area contributed by atoms with Crippen LogP contribution in [-0.2, 0) is 30.3 Å². The maximum atomic E-state index is 14.0. The van der Waals surface area contributed by atoms with Crippen molar-refractivity contribution >= 4 is 29.1 Å². The van der Waals surface area contributed by atoms with Crippen molar-refractivity contribution in [3.05, 3.63) is 52.5 Å². The molecule has 10 nitrogen and oxygen atoms in total. The van der Waals surface area contributed by atoms with E-state index in [0.717, 1.165) is 29.8 Å². The number of likely N-dealkylation sites (N-methyl/N-ethyl adjacent to an activating group) is 1. The van der Waals surface area contributed by atoms with E-state index in [-0.39, 0.29) is 54.1 Å². The molecule has 1 aliphatic rings. The summed E-state index contributed by atoms with van der Waals surface area (Å²) in [5.74, 6) is -0.824. The molecule has 1 aromatic carbocycles. The van der Waals surface area contributed by atoms with Gasteiger partial charge in [0.15, 0.2) is 0 Å². The molecule has 3 N–H and O–H groups in total. The molecule has 0 bridgehead atoms. The number of ether oxygens (including phenoxy) is 2. The van der Waals surface area contributed by atoms with E-state index in [4.69, 9.17) is 15.2 Å². The van der Waals surface area contributed by atoms with Gasteiger partial charge in [0, 0.05) is 39.4 Å². The third kappa shape index (κ3) is 9.36. The summed E-state index contributed by atoms with van der Waals surface area (Å²) >= 11 is 1.51. The minimum Gasteiger partial charge on any atom is -0.379 e. The van der Waals surface area contributed by atoms with E-state index in [1.165, 1.54) is 11.3 Å². The Bertz CT molecular complexity index is 1230. The Morgan fingerprint density at radius 1 is 1.13 bits per heavy atom. The molecule has 1 fully saturated rings. The molecule has 3 amide bonds. The minimum atomic E-state index is -0.634. The topological polar surface area (TPSA) is 127 Å². The van der Waals surface area contributed by atoms with Crippen molar-refractivity contribution in [2.45, 2.75) is 103 Å². The number of hydrogen-bond acceptors (Lipinski definition) is 8. The number of carbonyl (C=O) groups excluding carboxylic acids is 3. The van der Waals surface area contributed by atoms with Crippen molar-refractivity contribution in [3.63, 3.8) is 0 Å². The Labute approximate surface area is 279 Å². The average molecular weight is 658 g/mol. The maximum Gasteiger partial charge on any atom is 0.239 e. The van der Waals surface area contributed by atoms with E-state index < -0.39 is 24.2 Å². The quantitative estimate of drug-likeness (QED) is 0.258. The lowest BCUT2D eigenvalue weighted by Gasteiger charge is -2.40. The Morgan fingerprint density at radius 3 is 2.39 bits per heavy atom. The fraction of sp³-hybridized carbons (Fsp3) is 0.657. The van der Waals surface area contributed by atoms with Crippen LogP contribution in [-0.4, -0.2) is 90.7 Å². The van der Waals surface area contributed by atoms with Gasteiger partial charge in [0.05, 0.1) is 48.7 Å². The summed E-state index contributed by atoms with van der Waals surface area (Å²) in [7, 11) is 4.95. The molecule has 0 radical (unpaired) electrons. The first-order chi connectivity index (χ1) is 21.9. The normalized spacial score (nSPS) is 19.6. The fourth-order valence-corrected chi connectivity index (χ4v) is 7.28. The Kier molecular flexibility index (Phi) is 14.6. The largest absolute Gasteiger partial charge is 0.379 e. The summed E-state index contributed by atoms with van der Waals surface area (Å²) in [5, 5.41) is 5.98. The zero-order valence-corrected chi connectivity index (χ0v) is 29.7. The number of aromatic nitrogens is 1. The molecule has 3 rings (SSSR count). The smallest absolute Gasteiger partial charge is 0.239 e. The van der Waals surface area contributed by atoms with E-state index in [9.17, 15) is 14.4 Å². The maximum absolute atomic E-state index is 14.0. The Balaban J connectivity index is 1.75. The van der Waals surface area contributed by atoms with Gasteiger partial charge in [-0.3, -0.25) is 14.4 Å². The molecule has 0 spiro atoms. The summed E-state index contributed by atoms with van der Waals surface area (Å²) in [4.78, 5) is 49.0. The molecule has 11 heteroatoms. The van der Waals surface area contributed by atoms with Gasteiger partial charge < -0.3 is 30.3 Å². The van der Waals surface area contributed by atoms with Gasteiger partial charge in [-0.1, -0.05) is 71.4 Å². The molecule has 0 saturated carbocycles. The first-order valence-corrected chi connectivity index (χ1v) is 17.4. The number of methoxy groups -OCH3 is 2. The molecule has 256 valence electrons. The third-order valence-corrected chi connectivity index (χ3v) is 10.5. The molecule has 1 unspecified atom stereocenters. The molecule has 1 aliphatic heterocycles. The van der Waals surface area contributed by atoms with Gasteiger partial charge in [-0.25, -0.2) is 4.98 Å². The molecule has 8 atom stereocenters. The molecule has 1 saturated heterocycles. The standard InChI is InChI=1S/C35H55N5O5S/c1-9-23(4)31(39(6)35(43)30(36)22(2)3)28(44-7)21-29(41)40-18-13-16-27(40)32(45-8)24(5)33(42)38-26(34-37-17-19-46-34)20-25-14-11-10-12-15-25/h10-12,14-15,17,19,22-24,26-28,30-32H,9,13,16,18,20-21,36H2,1-8H3,(H,38,42)/t23?,24-,26+,27+,28-,30+,31+,32-/m1/s1. The van der Waals surface area contributed by atoms with Crippen molar-refractivity contribution in [2.24, 2.45) is 23.5 Å². The average Bonchev–Trinajstić information content (AvgIpc) is 3.77. The summed E-state index contributed by atoms with van der Waals surface area (Å²) in [5.41, 5.74) is 7.35. The van der Waals surface area contributed by atoms with Crippen LogP contribution in [0.5, 0.6) is 0 Å². The summed E-state index contributed by atoms with van der Waals surface area (Å²) < 4.78 is 11.9. The van der Waals surface area contributed by atoms with Crippen LogP contribution in [0.3, 0.4) is 0 Å². The van der Waals surface area contributed by atoms with E-state index >= 15 is 0 Å². The van der Waals surface area contributed by atoms with Crippen molar-refractivity contribution in [2.75, 3.05) is 27.8 Å². The highest BCUT2D eigenvalue weighted by Gasteiger charge is 2.42. The summed E-state index contributed by atoms with van der Waals surface area (Å²) in [6, 6.07) is 8.53. The molecule has 0 aliphatic carbocycles. The second-order valence-electron chi connectivity index (χ2n) is 13.0. The van der Waals surface area contributed by atoms with Crippen LogP contribution in [0.4, 0.5) is 0 Å². The van der Waals surface area contributed by atoms with Crippen LogP contribution in [0.1, 0.15) is 76.9 Å². The van der Waals surface area contributed by atoms with Crippen LogP contribution >= 0.6 is 11.3 Å². The first-order valence-electron chi connectivity index (χ1n) is 16.6. The number of thiazole rings is 1. The van der Waals surface area contributed by atoms with Gasteiger partial charge in [0.1, 0.15) is 5.01 Å². The number of rotatable bonds is 17. The fourth-order valence-electron chi connectivity index (χ4n) is 6.59. The molecule has 1 aromatic heterocycles. The first kappa shape index (κ1) is 37.6. The highest BCUT2D eigenvalue weighted by atomic mass is 32.1. The lowest BCUT2D eigenvalue weighted by atomic mass is 9.89. The number of nitrogens with two attached hydrogens (primary N) is 1. The number of nitrogens with zero attached hydrogens (tertiary/aromatic N) is 3. The van der Waals surface area contributed by atoms with Gasteiger partial charge in [0.25, 0.3) is 0 Å².